The molecule has 0 unspecified atom stereocenters. The van der Waals surface area contributed by atoms with Gasteiger partial charge >= 0.3 is 0 Å². The molecule has 2 aromatic rings. The van der Waals surface area contributed by atoms with Gasteiger partial charge in [-0.3, -0.25) is 19.4 Å². The standard InChI is InChI=1S/C21H23Cl2N5O3/c1-10-3-11(2)9-28(8-10)21-26-18-17(20(31)27-21)15(7-16(29)25-18)19(30)24-14-5-12(22)4-13(23)6-14/h4-6,10-11,15H,3,7-9H2,1-2H3,(H,24,30)(H2,25,26,27,29,31)/t10-,11-,15+/m1/s1. The van der Waals surface area contributed by atoms with Gasteiger partial charge in [0.05, 0.1) is 11.5 Å². The van der Waals surface area contributed by atoms with E-state index in [2.05, 4.69) is 34.4 Å². The number of carbonyl (C=O) groups excluding carboxylic acids is 2. The number of nitrogens with zero attached hydrogens (tertiary/aromatic N) is 2. The summed E-state index contributed by atoms with van der Waals surface area (Å²) >= 11 is 12.0. The number of H-pyrrole nitrogens is 1. The molecule has 0 aliphatic carbocycles. The van der Waals surface area contributed by atoms with Crippen LogP contribution in [0.5, 0.6) is 0 Å². The van der Waals surface area contributed by atoms with Gasteiger partial charge in [-0.05, 0) is 36.5 Å². The lowest BCUT2D eigenvalue weighted by Crippen LogP contribution is -2.42. The van der Waals surface area contributed by atoms with Crippen molar-refractivity contribution in [2.45, 2.75) is 32.6 Å². The minimum atomic E-state index is -0.981. The lowest BCUT2D eigenvalue weighted by molar-refractivity contribution is -0.123. The number of nitrogens with one attached hydrogen (secondary N) is 3. The van der Waals surface area contributed by atoms with E-state index in [0.717, 1.165) is 19.5 Å². The molecular weight excluding hydrogens is 441 g/mol. The molecule has 4 rings (SSSR count). The van der Waals surface area contributed by atoms with Gasteiger partial charge in [-0.25, -0.2) is 0 Å². The van der Waals surface area contributed by atoms with Crippen LogP contribution in [0, 0.1) is 11.8 Å². The molecule has 0 bridgehead atoms. The predicted molar refractivity (Wildman–Crippen MR) is 121 cm³/mol. The Bertz CT molecular complexity index is 1070. The van der Waals surface area contributed by atoms with Gasteiger partial charge in [-0.2, -0.15) is 4.98 Å². The first-order valence-corrected chi connectivity index (χ1v) is 10.9. The van der Waals surface area contributed by atoms with Crippen LogP contribution >= 0.6 is 23.2 Å². The fourth-order valence-corrected chi connectivity index (χ4v) is 4.95. The highest BCUT2D eigenvalue weighted by Crippen LogP contribution is 2.32. The summed E-state index contributed by atoms with van der Waals surface area (Å²) in [6.45, 7) is 5.84. The lowest BCUT2D eigenvalue weighted by Gasteiger charge is -2.35. The van der Waals surface area contributed by atoms with Crippen LogP contribution in [-0.2, 0) is 9.59 Å². The molecule has 8 nitrogen and oxygen atoms in total. The van der Waals surface area contributed by atoms with Crippen LogP contribution in [-0.4, -0.2) is 34.9 Å². The van der Waals surface area contributed by atoms with Gasteiger partial charge in [0.15, 0.2) is 0 Å². The van der Waals surface area contributed by atoms with E-state index >= 15 is 0 Å². The highest BCUT2D eigenvalue weighted by Gasteiger charge is 2.35. The summed E-state index contributed by atoms with van der Waals surface area (Å²) in [5, 5.41) is 6.06. The number of anilines is 3. The van der Waals surface area contributed by atoms with Gasteiger partial charge in [0.2, 0.25) is 17.8 Å². The summed E-state index contributed by atoms with van der Waals surface area (Å²) < 4.78 is 0. The van der Waals surface area contributed by atoms with Crippen LogP contribution in [0.25, 0.3) is 0 Å². The monoisotopic (exact) mass is 463 g/mol. The Hall–Kier alpha value is -2.58. The number of benzene rings is 1. The summed E-state index contributed by atoms with van der Waals surface area (Å²) in [6, 6.07) is 4.62. The van der Waals surface area contributed by atoms with E-state index in [-0.39, 0.29) is 23.7 Å². The molecule has 0 saturated carbocycles. The molecule has 10 heteroatoms. The third-order valence-corrected chi connectivity index (χ3v) is 5.99. The van der Waals surface area contributed by atoms with E-state index in [4.69, 9.17) is 23.2 Å². The van der Waals surface area contributed by atoms with Crippen molar-refractivity contribution in [1.82, 2.24) is 9.97 Å². The molecule has 164 valence electrons. The van der Waals surface area contributed by atoms with Crippen LogP contribution in [0.1, 0.15) is 38.2 Å². The Balaban J connectivity index is 1.65. The minimum absolute atomic E-state index is 0.130. The van der Waals surface area contributed by atoms with E-state index in [1.807, 2.05) is 4.90 Å². The highest BCUT2D eigenvalue weighted by atomic mass is 35.5. The molecule has 3 heterocycles. The van der Waals surface area contributed by atoms with Crippen LogP contribution in [0.2, 0.25) is 10.0 Å². The Morgan fingerprint density at radius 3 is 2.42 bits per heavy atom. The second-order valence-corrected chi connectivity index (χ2v) is 9.33. The molecule has 0 radical (unpaired) electrons. The van der Waals surface area contributed by atoms with Crippen LogP contribution in [0.15, 0.2) is 23.0 Å². The van der Waals surface area contributed by atoms with Crippen molar-refractivity contribution in [3.8, 4) is 0 Å². The van der Waals surface area contributed by atoms with Crippen molar-refractivity contribution in [3.05, 3.63) is 44.2 Å². The van der Waals surface area contributed by atoms with Crippen molar-refractivity contribution in [2.24, 2.45) is 11.8 Å². The maximum absolute atomic E-state index is 13.0. The van der Waals surface area contributed by atoms with Gasteiger partial charge in [-0.15, -0.1) is 0 Å². The van der Waals surface area contributed by atoms with Gasteiger partial charge in [-0.1, -0.05) is 37.0 Å². The number of hydrogen-bond acceptors (Lipinski definition) is 5. The fraction of sp³-hybridized carbons (Fsp3) is 0.429. The molecule has 2 aliphatic rings. The molecule has 31 heavy (non-hydrogen) atoms. The summed E-state index contributed by atoms with van der Waals surface area (Å²) in [5.41, 5.74) is 0.0922. The second-order valence-electron chi connectivity index (χ2n) is 8.46. The molecule has 0 spiro atoms. The third kappa shape index (κ3) is 4.70. The SMILES string of the molecule is C[C@@H]1C[C@@H](C)CN(c2nc3c(c(=O)[nH]2)[C@@H](C(=O)Nc2cc(Cl)cc(Cl)c2)CC(=O)N3)C1. The maximum atomic E-state index is 13.0. The van der Waals surface area contributed by atoms with Crippen LogP contribution in [0.3, 0.4) is 0 Å². The molecule has 3 N–H and O–H groups in total. The zero-order chi connectivity index (χ0) is 22.3. The molecule has 1 aromatic heterocycles. The lowest BCUT2D eigenvalue weighted by atomic mass is 9.91. The molecule has 3 atom stereocenters. The van der Waals surface area contributed by atoms with Gasteiger partial charge < -0.3 is 15.5 Å². The number of fused-ring (bicyclic) bond motifs is 1. The van der Waals surface area contributed by atoms with Crippen molar-refractivity contribution >= 4 is 52.5 Å². The van der Waals surface area contributed by atoms with Gasteiger partial charge in [0, 0.05) is 35.2 Å². The first-order chi connectivity index (χ1) is 14.7. The van der Waals surface area contributed by atoms with Crippen molar-refractivity contribution in [1.29, 1.82) is 0 Å². The molecule has 1 saturated heterocycles. The topological polar surface area (TPSA) is 107 Å². The fourth-order valence-electron chi connectivity index (χ4n) is 4.42. The number of rotatable bonds is 3. The third-order valence-electron chi connectivity index (χ3n) is 5.55. The molecule has 2 amide bonds. The summed E-state index contributed by atoms with van der Waals surface area (Å²) in [7, 11) is 0. The van der Waals surface area contributed by atoms with Gasteiger partial charge in [0.1, 0.15) is 5.82 Å². The highest BCUT2D eigenvalue weighted by molar-refractivity contribution is 6.35. The number of aromatic nitrogens is 2. The summed E-state index contributed by atoms with van der Waals surface area (Å²) in [4.78, 5) is 47.6. The second kappa shape index (κ2) is 8.51. The largest absolute Gasteiger partial charge is 0.342 e. The van der Waals surface area contributed by atoms with Gasteiger partial charge in [0.25, 0.3) is 5.56 Å². The quantitative estimate of drug-likeness (QED) is 0.643. The predicted octanol–water partition coefficient (Wildman–Crippen LogP) is 3.62. The van der Waals surface area contributed by atoms with E-state index in [0.29, 0.717) is 33.5 Å². The van der Waals surface area contributed by atoms with E-state index in [1.165, 1.54) is 0 Å². The van der Waals surface area contributed by atoms with Crippen molar-refractivity contribution in [2.75, 3.05) is 28.6 Å². The normalized spacial score (nSPS) is 23.2. The Labute approximate surface area is 189 Å². The molecule has 1 fully saturated rings. The zero-order valence-corrected chi connectivity index (χ0v) is 18.7. The van der Waals surface area contributed by atoms with Crippen LogP contribution in [0.4, 0.5) is 17.5 Å². The first kappa shape index (κ1) is 21.6. The van der Waals surface area contributed by atoms with E-state index in [9.17, 15) is 14.4 Å². The summed E-state index contributed by atoms with van der Waals surface area (Å²) in [5.74, 6) is -0.400. The van der Waals surface area contributed by atoms with E-state index < -0.39 is 17.4 Å². The number of piperidine rings is 1. The van der Waals surface area contributed by atoms with E-state index in [1.54, 1.807) is 18.2 Å². The molecular formula is C21H23Cl2N5O3. The Morgan fingerprint density at radius 2 is 1.77 bits per heavy atom. The van der Waals surface area contributed by atoms with Crippen molar-refractivity contribution in [3.63, 3.8) is 0 Å². The average molecular weight is 464 g/mol. The minimum Gasteiger partial charge on any atom is -0.342 e. The molecule has 2 aliphatic heterocycles. The number of carbonyl (C=O) groups is 2. The maximum Gasteiger partial charge on any atom is 0.258 e. The zero-order valence-electron chi connectivity index (χ0n) is 17.2. The number of hydrogen-bond donors (Lipinski definition) is 3. The first-order valence-electron chi connectivity index (χ1n) is 10.2. The Morgan fingerprint density at radius 1 is 1.13 bits per heavy atom. The Kier molecular flexibility index (Phi) is 5.94. The number of aromatic amines is 1. The summed E-state index contributed by atoms with van der Waals surface area (Å²) in [6.07, 6.45) is 0.952. The van der Waals surface area contributed by atoms with Crippen molar-refractivity contribution < 1.29 is 9.59 Å². The number of amides is 2. The average Bonchev–Trinajstić information content (AvgIpc) is 2.65. The smallest absolute Gasteiger partial charge is 0.258 e. The number of halogens is 2. The van der Waals surface area contributed by atoms with Crippen LogP contribution < -0.4 is 21.1 Å². The molecule has 1 aromatic carbocycles.